The quantitative estimate of drug-likeness (QED) is 0.737. The number of ketones is 1. The van der Waals surface area contributed by atoms with Crippen LogP contribution in [0.15, 0.2) is 27.4 Å². The molecule has 0 aliphatic carbocycles. The van der Waals surface area contributed by atoms with Crippen molar-refractivity contribution in [3.05, 3.63) is 55.2 Å². The first-order valence-electron chi connectivity index (χ1n) is 5.35. The van der Waals surface area contributed by atoms with Crippen molar-refractivity contribution in [2.75, 3.05) is 0 Å². The van der Waals surface area contributed by atoms with Crippen molar-refractivity contribution in [2.45, 2.75) is 20.8 Å². The number of carbonyl (C=O) groups is 1. The molecule has 0 aliphatic rings. The van der Waals surface area contributed by atoms with Gasteiger partial charge in [-0.15, -0.1) is 0 Å². The van der Waals surface area contributed by atoms with Crippen molar-refractivity contribution in [3.63, 3.8) is 0 Å². The van der Waals surface area contributed by atoms with Gasteiger partial charge in [-0.1, -0.05) is 17.7 Å². The molecular formula is C14H13BrOS. The Kier molecular flexibility index (Phi) is 3.50. The van der Waals surface area contributed by atoms with Gasteiger partial charge in [0.15, 0.2) is 5.78 Å². The zero-order valence-corrected chi connectivity index (χ0v) is 12.4. The minimum Gasteiger partial charge on any atom is -0.289 e. The summed E-state index contributed by atoms with van der Waals surface area (Å²) in [4.78, 5) is 12.5. The summed E-state index contributed by atoms with van der Waals surface area (Å²) in [6, 6.07) is 4.11. The highest BCUT2D eigenvalue weighted by Gasteiger charge is 2.17. The van der Waals surface area contributed by atoms with E-state index in [1.54, 1.807) is 0 Å². The fourth-order valence-electron chi connectivity index (χ4n) is 2.12. The lowest BCUT2D eigenvalue weighted by Crippen LogP contribution is -2.06. The van der Waals surface area contributed by atoms with Gasteiger partial charge in [-0.05, 0) is 47.8 Å². The highest BCUT2D eigenvalue weighted by atomic mass is 79.9. The van der Waals surface area contributed by atoms with E-state index in [0.717, 1.165) is 26.7 Å². The Balaban J connectivity index is 2.56. The van der Waals surface area contributed by atoms with Crippen LogP contribution in [0.3, 0.4) is 0 Å². The summed E-state index contributed by atoms with van der Waals surface area (Å²) in [5.74, 6) is 0.105. The fourth-order valence-corrected chi connectivity index (χ4v) is 3.57. The zero-order chi connectivity index (χ0) is 12.6. The SMILES string of the molecule is Cc1cc(C)c(C(=O)c2cscc2Br)c(C)c1. The summed E-state index contributed by atoms with van der Waals surface area (Å²) in [5, 5.41) is 3.83. The number of hydrogen-bond acceptors (Lipinski definition) is 2. The fraction of sp³-hybridized carbons (Fsp3) is 0.214. The minimum absolute atomic E-state index is 0.105. The largest absolute Gasteiger partial charge is 0.289 e. The maximum atomic E-state index is 12.5. The van der Waals surface area contributed by atoms with Crippen molar-refractivity contribution in [1.82, 2.24) is 0 Å². The number of hydrogen-bond donors (Lipinski definition) is 0. The predicted octanol–water partition coefficient (Wildman–Crippen LogP) is 4.67. The minimum atomic E-state index is 0.105. The number of aryl methyl sites for hydroxylation is 3. The Morgan fingerprint density at radius 2 is 1.71 bits per heavy atom. The average molecular weight is 309 g/mol. The van der Waals surface area contributed by atoms with Crippen LogP contribution in [0.4, 0.5) is 0 Å². The normalized spacial score (nSPS) is 10.6. The molecular weight excluding hydrogens is 296 g/mol. The standard InChI is InChI=1S/C14H13BrOS/c1-8-4-9(2)13(10(3)5-8)14(16)11-6-17-7-12(11)15/h4-7H,1-3H3. The number of thiophene rings is 1. The number of carbonyl (C=O) groups excluding carboxylic acids is 1. The summed E-state index contributed by atoms with van der Waals surface area (Å²) in [5.41, 5.74) is 4.87. The molecule has 0 fully saturated rings. The van der Waals surface area contributed by atoms with Crippen molar-refractivity contribution >= 4 is 33.0 Å². The van der Waals surface area contributed by atoms with Crippen LogP contribution in [0.5, 0.6) is 0 Å². The third kappa shape index (κ3) is 2.35. The van der Waals surface area contributed by atoms with E-state index in [4.69, 9.17) is 0 Å². The lowest BCUT2D eigenvalue weighted by Gasteiger charge is -2.09. The molecule has 0 atom stereocenters. The summed E-state index contributed by atoms with van der Waals surface area (Å²) in [6.45, 7) is 6.04. The summed E-state index contributed by atoms with van der Waals surface area (Å²) < 4.78 is 0.881. The Morgan fingerprint density at radius 1 is 1.12 bits per heavy atom. The summed E-state index contributed by atoms with van der Waals surface area (Å²) >= 11 is 4.95. The van der Waals surface area contributed by atoms with Gasteiger partial charge in [-0.3, -0.25) is 4.79 Å². The van der Waals surface area contributed by atoms with Crippen molar-refractivity contribution in [2.24, 2.45) is 0 Å². The average Bonchev–Trinajstić information content (AvgIpc) is 2.62. The van der Waals surface area contributed by atoms with Crippen LogP contribution >= 0.6 is 27.3 Å². The van der Waals surface area contributed by atoms with E-state index in [1.165, 1.54) is 16.9 Å². The third-order valence-electron chi connectivity index (χ3n) is 2.76. The number of rotatable bonds is 2. The van der Waals surface area contributed by atoms with Crippen LogP contribution in [0.2, 0.25) is 0 Å². The first-order valence-corrected chi connectivity index (χ1v) is 7.08. The molecule has 0 radical (unpaired) electrons. The van der Waals surface area contributed by atoms with Gasteiger partial charge in [0.25, 0.3) is 0 Å². The topological polar surface area (TPSA) is 17.1 Å². The second-order valence-electron chi connectivity index (χ2n) is 4.24. The molecule has 1 nitrogen and oxygen atoms in total. The molecule has 2 rings (SSSR count). The van der Waals surface area contributed by atoms with Gasteiger partial charge < -0.3 is 0 Å². The molecule has 1 aromatic carbocycles. The highest BCUT2D eigenvalue weighted by molar-refractivity contribution is 9.10. The molecule has 0 saturated heterocycles. The molecule has 0 spiro atoms. The van der Waals surface area contributed by atoms with Crippen LogP contribution in [0, 0.1) is 20.8 Å². The monoisotopic (exact) mass is 308 g/mol. The van der Waals surface area contributed by atoms with Crippen LogP contribution in [0.1, 0.15) is 32.6 Å². The van der Waals surface area contributed by atoms with Crippen molar-refractivity contribution < 1.29 is 4.79 Å². The predicted molar refractivity (Wildman–Crippen MR) is 76.1 cm³/mol. The summed E-state index contributed by atoms with van der Waals surface area (Å²) in [6.07, 6.45) is 0. The Labute approximate surface area is 114 Å². The van der Waals surface area contributed by atoms with Gasteiger partial charge in [-0.2, -0.15) is 11.3 Å². The molecule has 2 aromatic rings. The third-order valence-corrected chi connectivity index (χ3v) is 4.47. The molecule has 1 heterocycles. The summed E-state index contributed by atoms with van der Waals surface area (Å²) in [7, 11) is 0. The molecule has 1 aromatic heterocycles. The second kappa shape index (κ2) is 4.75. The molecule has 0 N–H and O–H groups in total. The first kappa shape index (κ1) is 12.5. The lowest BCUT2D eigenvalue weighted by atomic mass is 9.94. The van der Waals surface area contributed by atoms with E-state index >= 15 is 0 Å². The molecule has 17 heavy (non-hydrogen) atoms. The van der Waals surface area contributed by atoms with Crippen LogP contribution in [0.25, 0.3) is 0 Å². The van der Waals surface area contributed by atoms with Crippen LogP contribution in [-0.2, 0) is 0 Å². The van der Waals surface area contributed by atoms with Crippen molar-refractivity contribution in [1.29, 1.82) is 0 Å². The maximum absolute atomic E-state index is 12.5. The molecule has 0 amide bonds. The molecule has 0 aliphatic heterocycles. The first-order chi connectivity index (χ1) is 8.00. The van der Waals surface area contributed by atoms with Gasteiger partial charge >= 0.3 is 0 Å². The molecule has 0 saturated carbocycles. The number of halogens is 1. The van der Waals surface area contributed by atoms with Crippen LogP contribution in [-0.4, -0.2) is 5.78 Å². The zero-order valence-electron chi connectivity index (χ0n) is 10.0. The smallest absolute Gasteiger partial charge is 0.195 e. The van der Waals surface area contributed by atoms with E-state index in [1.807, 2.05) is 24.6 Å². The Hall–Kier alpha value is -0.930. The maximum Gasteiger partial charge on any atom is 0.195 e. The molecule has 0 bridgehead atoms. The lowest BCUT2D eigenvalue weighted by molar-refractivity contribution is 0.103. The van der Waals surface area contributed by atoms with E-state index in [9.17, 15) is 4.79 Å². The van der Waals surface area contributed by atoms with Gasteiger partial charge in [0.2, 0.25) is 0 Å². The number of benzene rings is 1. The Bertz CT molecular complexity index is 561. The van der Waals surface area contributed by atoms with E-state index in [2.05, 4.69) is 35.0 Å². The molecule has 0 unspecified atom stereocenters. The van der Waals surface area contributed by atoms with Gasteiger partial charge in [0.1, 0.15) is 0 Å². The Morgan fingerprint density at radius 3 is 2.18 bits per heavy atom. The van der Waals surface area contributed by atoms with E-state index in [0.29, 0.717) is 0 Å². The van der Waals surface area contributed by atoms with Gasteiger partial charge in [0, 0.05) is 26.4 Å². The van der Waals surface area contributed by atoms with Gasteiger partial charge in [0.05, 0.1) is 0 Å². The van der Waals surface area contributed by atoms with Gasteiger partial charge in [-0.25, -0.2) is 0 Å². The second-order valence-corrected chi connectivity index (χ2v) is 5.83. The van der Waals surface area contributed by atoms with Crippen LogP contribution < -0.4 is 0 Å². The van der Waals surface area contributed by atoms with E-state index in [-0.39, 0.29) is 5.78 Å². The molecule has 3 heteroatoms. The highest BCUT2D eigenvalue weighted by Crippen LogP contribution is 2.27. The molecule has 88 valence electrons. The van der Waals surface area contributed by atoms with E-state index < -0.39 is 0 Å². The van der Waals surface area contributed by atoms with Crippen molar-refractivity contribution in [3.8, 4) is 0 Å².